The molecule has 2 atom stereocenters. The molecule has 8 heteroatoms. The highest BCUT2D eigenvalue weighted by Gasteiger charge is 2.66. The maximum Gasteiger partial charge on any atom is 0.408 e. The molecule has 0 unspecified atom stereocenters. The lowest BCUT2D eigenvalue weighted by Gasteiger charge is -2.59. The number of ether oxygens (including phenoxy) is 2. The Morgan fingerprint density at radius 3 is 2.26 bits per heavy atom. The van der Waals surface area contributed by atoms with E-state index < -0.39 is 22.6 Å². The van der Waals surface area contributed by atoms with Crippen LogP contribution < -0.4 is 16.0 Å². The predicted octanol–water partition coefficient (Wildman–Crippen LogP) is 3.04. The summed E-state index contributed by atoms with van der Waals surface area (Å²) < 4.78 is 11.2. The van der Waals surface area contributed by atoms with E-state index in [1.165, 1.54) is 6.42 Å². The van der Waals surface area contributed by atoms with Crippen LogP contribution >= 0.6 is 0 Å². The van der Waals surface area contributed by atoms with Crippen LogP contribution in [0.4, 0.5) is 4.79 Å². The Hall–Kier alpha value is -1.83. The molecule has 0 heterocycles. The topological polar surface area (TPSA) is 106 Å². The zero-order valence-electron chi connectivity index (χ0n) is 20.1. The Bertz CT molecular complexity index is 652. The van der Waals surface area contributed by atoms with Gasteiger partial charge in [0.2, 0.25) is 11.8 Å². The molecule has 0 bridgehead atoms. The average molecular weight is 440 g/mol. The van der Waals surface area contributed by atoms with Crippen LogP contribution in [0.15, 0.2) is 0 Å². The van der Waals surface area contributed by atoms with Gasteiger partial charge in [-0.15, -0.1) is 0 Å². The second-order valence-corrected chi connectivity index (χ2v) is 10.3. The van der Waals surface area contributed by atoms with Gasteiger partial charge in [-0.2, -0.15) is 0 Å². The van der Waals surface area contributed by atoms with Crippen molar-refractivity contribution in [3.8, 4) is 0 Å². The summed E-state index contributed by atoms with van der Waals surface area (Å²) in [5, 5.41) is 8.73. The van der Waals surface area contributed by atoms with Gasteiger partial charge in [-0.25, -0.2) is 4.79 Å². The van der Waals surface area contributed by atoms with Gasteiger partial charge < -0.3 is 25.4 Å². The van der Waals surface area contributed by atoms with Crippen LogP contribution in [0.5, 0.6) is 0 Å². The van der Waals surface area contributed by atoms with Gasteiger partial charge in [-0.1, -0.05) is 33.1 Å². The van der Waals surface area contributed by atoms with Crippen molar-refractivity contribution >= 4 is 17.9 Å². The number of hydrogen-bond acceptors (Lipinski definition) is 5. The highest BCUT2D eigenvalue weighted by Crippen LogP contribution is 2.51. The molecule has 3 amide bonds. The van der Waals surface area contributed by atoms with Crippen LogP contribution in [-0.2, 0) is 19.1 Å². The second kappa shape index (κ2) is 10.2. The molecule has 31 heavy (non-hydrogen) atoms. The number of hydrogen-bond donors (Lipinski definition) is 3. The fraction of sp³-hybridized carbons (Fsp3) is 0.870. The van der Waals surface area contributed by atoms with E-state index in [1.807, 2.05) is 20.8 Å². The van der Waals surface area contributed by atoms with Crippen molar-refractivity contribution < 1.29 is 23.9 Å². The average Bonchev–Trinajstić information content (AvgIpc) is 2.66. The smallest absolute Gasteiger partial charge is 0.408 e. The summed E-state index contributed by atoms with van der Waals surface area (Å²) in [7, 11) is 0. The maximum absolute atomic E-state index is 13.2. The van der Waals surface area contributed by atoms with Crippen LogP contribution in [-0.4, -0.2) is 54.3 Å². The largest absolute Gasteiger partial charge is 0.444 e. The van der Waals surface area contributed by atoms with Crippen LogP contribution in [0.2, 0.25) is 0 Å². The van der Waals surface area contributed by atoms with E-state index in [0.717, 1.165) is 25.7 Å². The molecule has 3 N–H and O–H groups in total. The van der Waals surface area contributed by atoms with E-state index in [4.69, 9.17) is 9.47 Å². The second-order valence-electron chi connectivity index (χ2n) is 10.3. The maximum atomic E-state index is 13.2. The van der Waals surface area contributed by atoms with E-state index >= 15 is 0 Å². The lowest BCUT2D eigenvalue weighted by atomic mass is 9.53. The fourth-order valence-electron chi connectivity index (χ4n) is 4.53. The molecule has 2 fully saturated rings. The normalized spacial score (nSPS) is 25.8. The van der Waals surface area contributed by atoms with Crippen molar-refractivity contribution in [1.82, 2.24) is 16.0 Å². The standard InChI is InChI=1S/C23H41N3O5/c1-7-30-17-15-23(22(17,5)6,26-20(29)31-21(2,3)4)19(28)24-14-13-18(27)25-16-11-9-8-10-12-16/h16-17H,7-15H2,1-6H3,(H,24,28)(H,25,27)(H,26,29)/t17-,23-/m0/s1. The van der Waals surface area contributed by atoms with Gasteiger partial charge in [0.1, 0.15) is 11.1 Å². The fourth-order valence-corrected chi connectivity index (χ4v) is 4.53. The zero-order valence-corrected chi connectivity index (χ0v) is 20.1. The van der Waals surface area contributed by atoms with Gasteiger partial charge in [-0.05, 0) is 40.5 Å². The Kier molecular flexibility index (Phi) is 8.36. The summed E-state index contributed by atoms with van der Waals surface area (Å²) >= 11 is 0. The van der Waals surface area contributed by atoms with E-state index in [-0.39, 0.29) is 36.9 Å². The minimum atomic E-state index is -1.16. The van der Waals surface area contributed by atoms with Gasteiger partial charge in [0.15, 0.2) is 0 Å². The van der Waals surface area contributed by atoms with Gasteiger partial charge in [-0.3, -0.25) is 9.59 Å². The first kappa shape index (κ1) is 25.4. The summed E-state index contributed by atoms with van der Waals surface area (Å²) in [6, 6.07) is 0.245. The number of carbonyl (C=O) groups excluding carboxylic acids is 3. The number of amides is 3. The van der Waals surface area contributed by atoms with Crippen LogP contribution in [0.25, 0.3) is 0 Å². The summed E-state index contributed by atoms with van der Waals surface area (Å²) in [6.07, 6.45) is 5.34. The lowest BCUT2D eigenvalue weighted by molar-refractivity contribution is -0.178. The van der Waals surface area contributed by atoms with Crippen LogP contribution in [0, 0.1) is 5.41 Å². The minimum absolute atomic E-state index is 0.0542. The lowest BCUT2D eigenvalue weighted by Crippen LogP contribution is -2.78. The van der Waals surface area contributed by atoms with Crippen molar-refractivity contribution in [2.45, 2.75) is 110 Å². The molecule has 2 rings (SSSR count). The minimum Gasteiger partial charge on any atom is -0.444 e. The Labute approximate surface area is 186 Å². The highest BCUT2D eigenvalue weighted by molar-refractivity contribution is 5.93. The number of rotatable bonds is 8. The molecular weight excluding hydrogens is 398 g/mol. The molecule has 2 aliphatic carbocycles. The first-order valence-corrected chi connectivity index (χ1v) is 11.6. The third kappa shape index (κ3) is 6.34. The molecule has 178 valence electrons. The van der Waals surface area contributed by atoms with E-state index in [2.05, 4.69) is 16.0 Å². The summed E-state index contributed by atoms with van der Waals surface area (Å²) in [4.78, 5) is 38.0. The van der Waals surface area contributed by atoms with E-state index in [0.29, 0.717) is 13.0 Å². The van der Waals surface area contributed by atoms with Crippen molar-refractivity contribution in [3.05, 3.63) is 0 Å². The number of nitrogens with one attached hydrogen (secondary N) is 3. The van der Waals surface area contributed by atoms with Crippen LogP contribution in [0.3, 0.4) is 0 Å². The molecule has 0 aromatic rings. The monoisotopic (exact) mass is 439 g/mol. The van der Waals surface area contributed by atoms with Gasteiger partial charge in [0.25, 0.3) is 0 Å². The third-order valence-electron chi connectivity index (χ3n) is 6.47. The van der Waals surface area contributed by atoms with Gasteiger partial charge in [0, 0.05) is 37.5 Å². The molecule has 2 saturated carbocycles. The number of carbonyl (C=O) groups is 3. The molecule has 0 aromatic carbocycles. The molecule has 0 aromatic heterocycles. The molecule has 0 radical (unpaired) electrons. The molecule has 0 saturated heterocycles. The van der Waals surface area contributed by atoms with Crippen molar-refractivity contribution in [2.75, 3.05) is 13.2 Å². The summed E-state index contributed by atoms with van der Waals surface area (Å²) in [5.41, 5.74) is -2.46. The predicted molar refractivity (Wildman–Crippen MR) is 119 cm³/mol. The van der Waals surface area contributed by atoms with Crippen LogP contribution in [0.1, 0.15) is 86.5 Å². The SMILES string of the molecule is CCO[C@H]1C[C@](NC(=O)OC(C)(C)C)(C(=O)NCCC(=O)NC2CCCCC2)C1(C)C. The summed E-state index contributed by atoms with van der Waals surface area (Å²) in [5.74, 6) is -0.369. The number of alkyl carbamates (subject to hydrolysis) is 1. The Morgan fingerprint density at radius 1 is 1.06 bits per heavy atom. The van der Waals surface area contributed by atoms with Gasteiger partial charge in [0.05, 0.1) is 6.10 Å². The van der Waals surface area contributed by atoms with E-state index in [9.17, 15) is 14.4 Å². The highest BCUT2D eigenvalue weighted by atomic mass is 16.6. The molecule has 0 spiro atoms. The Morgan fingerprint density at radius 2 is 1.71 bits per heavy atom. The van der Waals surface area contributed by atoms with Crippen molar-refractivity contribution in [1.29, 1.82) is 0 Å². The molecule has 8 nitrogen and oxygen atoms in total. The van der Waals surface area contributed by atoms with Gasteiger partial charge >= 0.3 is 6.09 Å². The quantitative estimate of drug-likeness (QED) is 0.539. The third-order valence-corrected chi connectivity index (χ3v) is 6.47. The van der Waals surface area contributed by atoms with E-state index in [1.54, 1.807) is 20.8 Å². The molecular formula is C23H41N3O5. The Balaban J connectivity index is 1.97. The first-order chi connectivity index (χ1) is 14.4. The zero-order chi connectivity index (χ0) is 23.3. The van der Waals surface area contributed by atoms with Crippen molar-refractivity contribution in [2.24, 2.45) is 5.41 Å². The van der Waals surface area contributed by atoms with Crippen molar-refractivity contribution in [3.63, 3.8) is 0 Å². The first-order valence-electron chi connectivity index (χ1n) is 11.6. The molecule has 0 aliphatic heterocycles. The summed E-state index contributed by atoms with van der Waals surface area (Å²) in [6.45, 7) is 11.8. The molecule has 2 aliphatic rings.